The second-order valence-corrected chi connectivity index (χ2v) is 7.26. The molecule has 0 saturated carbocycles. The first-order chi connectivity index (χ1) is 13.6. The van der Waals surface area contributed by atoms with E-state index in [-0.39, 0.29) is 5.78 Å². The Morgan fingerprint density at radius 1 is 1.00 bits per heavy atom. The summed E-state index contributed by atoms with van der Waals surface area (Å²) in [6.45, 7) is 0. The lowest BCUT2D eigenvalue weighted by molar-refractivity contribution is -0.144. The highest BCUT2D eigenvalue weighted by molar-refractivity contribution is 6.31. The summed E-state index contributed by atoms with van der Waals surface area (Å²) >= 11 is 6.40. The molecule has 1 aliphatic carbocycles. The van der Waals surface area contributed by atoms with Gasteiger partial charge in [-0.05, 0) is 30.2 Å². The van der Waals surface area contributed by atoms with Crippen LogP contribution in [0, 0.1) is 0 Å². The standard InChI is InChI=1S/C22H18ClNO4/c23-15-10-5-4-9-14(15)18-19-16(25)11-6-12-17(19)28-22(27)20(18)24-21(26)13-7-2-1-3-8-13/h1-5,7-10,18,20H,6,11-12H2,(H,24,26)/t18-,20-/m1/s1. The molecule has 5 nitrogen and oxygen atoms in total. The van der Waals surface area contributed by atoms with Gasteiger partial charge in [-0.15, -0.1) is 0 Å². The number of Topliss-reactive ketones (excluding diaryl/α,β-unsaturated/α-hetero) is 1. The first kappa shape index (κ1) is 18.4. The fraction of sp³-hybridized carbons (Fsp3) is 0.227. The van der Waals surface area contributed by atoms with Crippen molar-refractivity contribution in [1.82, 2.24) is 5.32 Å². The zero-order valence-corrected chi connectivity index (χ0v) is 15.7. The van der Waals surface area contributed by atoms with Crippen molar-refractivity contribution in [2.75, 3.05) is 0 Å². The smallest absolute Gasteiger partial charge is 0.334 e. The number of halogens is 1. The molecule has 0 bridgehead atoms. The van der Waals surface area contributed by atoms with Crippen molar-refractivity contribution in [3.05, 3.63) is 82.1 Å². The van der Waals surface area contributed by atoms with E-state index in [2.05, 4.69) is 5.32 Å². The number of ether oxygens (including phenoxy) is 1. The Kier molecular flexibility index (Phi) is 5.01. The molecule has 0 unspecified atom stereocenters. The number of carbonyl (C=O) groups excluding carboxylic acids is 3. The molecule has 2 aromatic carbocycles. The fourth-order valence-corrected chi connectivity index (χ4v) is 4.05. The third-order valence-corrected chi connectivity index (χ3v) is 5.44. The van der Waals surface area contributed by atoms with E-state index in [1.807, 2.05) is 0 Å². The highest BCUT2D eigenvalue weighted by Crippen LogP contribution is 2.42. The number of carbonyl (C=O) groups is 3. The molecule has 0 fully saturated rings. The third kappa shape index (κ3) is 3.34. The molecule has 0 saturated heterocycles. The molecule has 2 aliphatic rings. The molecule has 0 radical (unpaired) electrons. The van der Waals surface area contributed by atoms with E-state index in [1.165, 1.54) is 0 Å². The maximum atomic E-state index is 12.8. The van der Waals surface area contributed by atoms with E-state index in [0.29, 0.717) is 46.7 Å². The Labute approximate surface area is 167 Å². The van der Waals surface area contributed by atoms with E-state index in [1.54, 1.807) is 54.6 Å². The van der Waals surface area contributed by atoms with Crippen molar-refractivity contribution in [3.63, 3.8) is 0 Å². The van der Waals surface area contributed by atoms with Crippen LogP contribution < -0.4 is 5.32 Å². The highest BCUT2D eigenvalue weighted by atomic mass is 35.5. The summed E-state index contributed by atoms with van der Waals surface area (Å²) in [4.78, 5) is 38.2. The molecule has 4 rings (SSSR count). The lowest BCUT2D eigenvalue weighted by atomic mass is 9.77. The van der Waals surface area contributed by atoms with Crippen LogP contribution >= 0.6 is 11.6 Å². The van der Waals surface area contributed by atoms with Gasteiger partial charge in [-0.3, -0.25) is 9.59 Å². The van der Waals surface area contributed by atoms with Gasteiger partial charge in [0.05, 0.1) is 0 Å². The molecule has 28 heavy (non-hydrogen) atoms. The normalized spacial score (nSPS) is 21.8. The molecule has 0 spiro atoms. The van der Waals surface area contributed by atoms with Crippen molar-refractivity contribution in [2.45, 2.75) is 31.2 Å². The van der Waals surface area contributed by atoms with E-state index in [4.69, 9.17) is 16.3 Å². The Balaban J connectivity index is 1.78. The Morgan fingerprint density at radius 2 is 1.71 bits per heavy atom. The number of hydrogen-bond acceptors (Lipinski definition) is 4. The number of allylic oxidation sites excluding steroid dienone is 1. The van der Waals surface area contributed by atoms with Crippen LogP contribution in [0.4, 0.5) is 0 Å². The van der Waals surface area contributed by atoms with Crippen LogP contribution in [0.3, 0.4) is 0 Å². The van der Waals surface area contributed by atoms with E-state index >= 15 is 0 Å². The van der Waals surface area contributed by atoms with Gasteiger partial charge in [0.25, 0.3) is 5.91 Å². The second kappa shape index (κ2) is 7.60. The maximum absolute atomic E-state index is 12.8. The summed E-state index contributed by atoms with van der Waals surface area (Å²) in [5.41, 5.74) is 1.49. The second-order valence-electron chi connectivity index (χ2n) is 6.85. The van der Waals surface area contributed by atoms with Gasteiger partial charge in [0.2, 0.25) is 0 Å². The van der Waals surface area contributed by atoms with Gasteiger partial charge in [0.15, 0.2) is 5.78 Å². The summed E-state index contributed by atoms with van der Waals surface area (Å²) in [5.74, 6) is -1.34. The first-order valence-corrected chi connectivity index (χ1v) is 9.52. The predicted octanol–water partition coefficient (Wildman–Crippen LogP) is 3.79. The van der Waals surface area contributed by atoms with Crippen molar-refractivity contribution >= 4 is 29.3 Å². The topological polar surface area (TPSA) is 72.5 Å². The largest absolute Gasteiger partial charge is 0.429 e. The minimum atomic E-state index is -1.03. The zero-order valence-electron chi connectivity index (χ0n) is 15.0. The third-order valence-electron chi connectivity index (χ3n) is 5.09. The molecule has 142 valence electrons. The summed E-state index contributed by atoms with van der Waals surface area (Å²) < 4.78 is 5.46. The van der Waals surface area contributed by atoms with Crippen LogP contribution in [-0.4, -0.2) is 23.7 Å². The lowest BCUT2D eigenvalue weighted by Gasteiger charge is -2.36. The highest BCUT2D eigenvalue weighted by Gasteiger charge is 2.45. The van der Waals surface area contributed by atoms with Gasteiger partial charge < -0.3 is 10.1 Å². The molecule has 1 amide bonds. The van der Waals surface area contributed by atoms with Crippen molar-refractivity contribution in [3.8, 4) is 0 Å². The van der Waals surface area contributed by atoms with Gasteiger partial charge >= 0.3 is 5.97 Å². The number of rotatable bonds is 3. The molecular formula is C22H18ClNO4. The number of ketones is 1. The lowest BCUT2D eigenvalue weighted by Crippen LogP contribution is -2.50. The van der Waals surface area contributed by atoms with Gasteiger partial charge in [-0.1, -0.05) is 48.0 Å². The minimum absolute atomic E-state index is 0.0716. The van der Waals surface area contributed by atoms with Gasteiger partial charge in [0.1, 0.15) is 11.8 Å². The number of benzene rings is 2. The van der Waals surface area contributed by atoms with Crippen molar-refractivity contribution < 1.29 is 19.1 Å². The van der Waals surface area contributed by atoms with E-state index in [0.717, 1.165) is 0 Å². The summed E-state index contributed by atoms with van der Waals surface area (Å²) in [5, 5.41) is 3.19. The molecule has 0 aromatic heterocycles. The van der Waals surface area contributed by atoms with Gasteiger partial charge in [-0.25, -0.2) is 4.79 Å². The molecule has 1 N–H and O–H groups in total. The van der Waals surface area contributed by atoms with Gasteiger partial charge in [0, 0.05) is 34.9 Å². The Hall–Kier alpha value is -2.92. The number of nitrogens with one attached hydrogen (secondary N) is 1. The molecular weight excluding hydrogens is 378 g/mol. The van der Waals surface area contributed by atoms with Crippen LogP contribution in [0.5, 0.6) is 0 Å². The molecule has 2 atom stereocenters. The van der Waals surface area contributed by atoms with Crippen molar-refractivity contribution in [1.29, 1.82) is 0 Å². The summed E-state index contributed by atoms with van der Waals surface area (Å²) in [6.07, 6.45) is 1.55. The molecule has 1 heterocycles. The van der Waals surface area contributed by atoms with E-state index in [9.17, 15) is 14.4 Å². The minimum Gasteiger partial charge on any atom is -0.429 e. The number of esters is 1. The van der Waals surface area contributed by atoms with Crippen LogP contribution in [0.2, 0.25) is 5.02 Å². The molecule has 6 heteroatoms. The molecule has 1 aliphatic heterocycles. The summed E-state index contributed by atoms with van der Waals surface area (Å²) in [6, 6.07) is 14.6. The monoisotopic (exact) mass is 395 g/mol. The van der Waals surface area contributed by atoms with Crippen LogP contribution in [-0.2, 0) is 14.3 Å². The summed E-state index contributed by atoms with van der Waals surface area (Å²) in [7, 11) is 0. The quantitative estimate of drug-likeness (QED) is 0.802. The Morgan fingerprint density at radius 3 is 2.46 bits per heavy atom. The zero-order chi connectivity index (χ0) is 19.7. The number of amides is 1. The van der Waals surface area contributed by atoms with Crippen molar-refractivity contribution in [2.24, 2.45) is 0 Å². The average molecular weight is 396 g/mol. The van der Waals surface area contributed by atoms with Gasteiger partial charge in [-0.2, -0.15) is 0 Å². The van der Waals surface area contributed by atoms with Crippen LogP contribution in [0.1, 0.15) is 41.1 Å². The van der Waals surface area contributed by atoms with E-state index < -0.39 is 23.8 Å². The van der Waals surface area contributed by atoms with Crippen LogP contribution in [0.15, 0.2) is 65.9 Å². The first-order valence-electron chi connectivity index (χ1n) is 9.14. The number of hydrogen-bond donors (Lipinski definition) is 1. The average Bonchev–Trinajstić information content (AvgIpc) is 2.70. The van der Waals surface area contributed by atoms with Crippen LogP contribution in [0.25, 0.3) is 0 Å². The maximum Gasteiger partial charge on any atom is 0.334 e. The SMILES string of the molecule is O=C1CCCC2=C1[C@@H](c1ccccc1Cl)[C@@H](NC(=O)c1ccccc1)C(=O)O2. The fourth-order valence-electron chi connectivity index (χ4n) is 3.79. The molecule has 2 aromatic rings. The predicted molar refractivity (Wildman–Crippen MR) is 104 cm³/mol. The Bertz CT molecular complexity index is 983.